The molecule has 0 radical (unpaired) electrons. The van der Waals surface area contributed by atoms with Crippen LogP contribution in [0.2, 0.25) is 0 Å². The first kappa shape index (κ1) is 25.7. The average molecular weight is 483 g/mol. The number of hydrogen-bond acceptors (Lipinski definition) is 4. The summed E-state index contributed by atoms with van der Waals surface area (Å²) >= 11 is 0. The highest BCUT2D eigenvalue weighted by molar-refractivity contribution is 7.80. The maximum absolute atomic E-state index is 11.2. The highest BCUT2D eigenvalue weighted by Crippen LogP contribution is 2.67. The molecule has 0 saturated heterocycles. The van der Waals surface area contributed by atoms with E-state index in [2.05, 4.69) is 26.8 Å². The Balaban J connectivity index is 1.46. The Morgan fingerprint density at radius 1 is 1.15 bits per heavy atom. The Labute approximate surface area is 201 Å². The predicted octanol–water partition coefficient (Wildman–Crippen LogP) is 6.33. The normalized spacial score (nSPS) is 42.2. The number of fused-ring (bicyclic) bond motifs is 5. The summed E-state index contributed by atoms with van der Waals surface area (Å²) in [6.07, 6.45) is 13.8. The van der Waals surface area contributed by atoms with E-state index < -0.39 is 22.1 Å². The van der Waals surface area contributed by atoms with E-state index in [1.54, 1.807) is 0 Å². The minimum atomic E-state index is -4.40. The van der Waals surface area contributed by atoms with Crippen LogP contribution in [0.25, 0.3) is 0 Å². The Hall–Kier alpha value is -0.430. The fraction of sp³-hybridized carbons (Fsp3) is 0.926. The summed E-state index contributed by atoms with van der Waals surface area (Å²) in [5.74, 6) is 3.66. The van der Waals surface area contributed by atoms with Gasteiger partial charge >= 0.3 is 10.4 Å². The molecule has 0 amide bonds. The van der Waals surface area contributed by atoms with E-state index in [1.807, 2.05) is 13.8 Å². The van der Waals surface area contributed by atoms with E-state index in [-0.39, 0.29) is 5.41 Å². The van der Waals surface area contributed by atoms with E-state index in [0.29, 0.717) is 30.1 Å². The monoisotopic (exact) mass is 482 g/mol. The van der Waals surface area contributed by atoms with E-state index in [1.165, 1.54) is 37.7 Å². The lowest BCUT2D eigenvalue weighted by atomic mass is 9.47. The number of hydrogen-bond donors (Lipinski definition) is 2. The zero-order valence-electron chi connectivity index (χ0n) is 21.3. The molecule has 0 heterocycles. The van der Waals surface area contributed by atoms with E-state index >= 15 is 0 Å². The van der Waals surface area contributed by atoms with Gasteiger partial charge in [0.25, 0.3) is 0 Å². The standard InChI is InChI=1S/C27H46O5S/c1-18(7-6-14-25(2,3)28)22-10-11-23-21-9-8-19-17-20(32-33(29,30)31)12-15-26(19,4)24(21)13-16-27(22,23)5/h8,18,20-24,28H,6-7,9-17H2,1-5H3,(H,29,30,31). The van der Waals surface area contributed by atoms with Gasteiger partial charge in [0.05, 0.1) is 11.7 Å². The molecule has 0 aliphatic heterocycles. The maximum Gasteiger partial charge on any atom is 0.397 e. The van der Waals surface area contributed by atoms with Gasteiger partial charge in [0.1, 0.15) is 0 Å². The molecule has 0 spiro atoms. The fourth-order valence-corrected chi connectivity index (χ4v) is 9.42. The minimum Gasteiger partial charge on any atom is -0.390 e. The van der Waals surface area contributed by atoms with Crippen LogP contribution < -0.4 is 0 Å². The van der Waals surface area contributed by atoms with E-state index in [4.69, 9.17) is 8.74 Å². The summed E-state index contributed by atoms with van der Waals surface area (Å²) in [6.45, 7) is 11.3. The van der Waals surface area contributed by atoms with Gasteiger partial charge in [0.2, 0.25) is 0 Å². The molecule has 3 fully saturated rings. The molecule has 4 rings (SSSR count). The fourth-order valence-electron chi connectivity index (χ4n) is 8.91. The molecule has 0 aromatic heterocycles. The van der Waals surface area contributed by atoms with Crippen LogP contribution in [-0.2, 0) is 14.6 Å². The second kappa shape index (κ2) is 8.90. The van der Waals surface area contributed by atoms with Crippen molar-refractivity contribution >= 4 is 10.4 Å². The summed E-state index contributed by atoms with van der Waals surface area (Å²) in [6, 6.07) is 0. The molecule has 6 heteroatoms. The smallest absolute Gasteiger partial charge is 0.390 e. The molecule has 0 aromatic carbocycles. The molecule has 33 heavy (non-hydrogen) atoms. The van der Waals surface area contributed by atoms with Crippen LogP contribution in [0.3, 0.4) is 0 Å². The van der Waals surface area contributed by atoms with Crippen molar-refractivity contribution in [2.45, 2.75) is 117 Å². The van der Waals surface area contributed by atoms with Crippen LogP contribution in [-0.4, -0.2) is 29.8 Å². The Morgan fingerprint density at radius 3 is 2.55 bits per heavy atom. The first-order chi connectivity index (χ1) is 15.2. The van der Waals surface area contributed by atoms with Gasteiger partial charge in [-0.25, -0.2) is 4.18 Å². The summed E-state index contributed by atoms with van der Waals surface area (Å²) < 4.78 is 36.5. The summed E-state index contributed by atoms with van der Waals surface area (Å²) in [7, 11) is -4.40. The lowest BCUT2D eigenvalue weighted by Crippen LogP contribution is -2.51. The molecule has 3 saturated carbocycles. The molecule has 190 valence electrons. The third-order valence-electron chi connectivity index (χ3n) is 10.5. The Morgan fingerprint density at radius 2 is 1.88 bits per heavy atom. The molecular weight excluding hydrogens is 436 g/mol. The van der Waals surface area contributed by atoms with Crippen LogP contribution in [0.4, 0.5) is 0 Å². The number of rotatable bonds is 7. The van der Waals surface area contributed by atoms with Gasteiger partial charge in [-0.1, -0.05) is 45.3 Å². The Kier molecular flexibility index (Phi) is 6.92. The van der Waals surface area contributed by atoms with Crippen molar-refractivity contribution in [2.75, 3.05) is 0 Å². The summed E-state index contributed by atoms with van der Waals surface area (Å²) in [5, 5.41) is 10.1. The number of aliphatic hydroxyl groups is 1. The van der Waals surface area contributed by atoms with Crippen LogP contribution in [0.15, 0.2) is 11.6 Å². The first-order valence-electron chi connectivity index (χ1n) is 13.3. The summed E-state index contributed by atoms with van der Waals surface area (Å²) in [5.41, 5.74) is 1.36. The zero-order valence-corrected chi connectivity index (χ0v) is 22.2. The van der Waals surface area contributed by atoms with Crippen LogP contribution in [0.1, 0.15) is 105 Å². The largest absolute Gasteiger partial charge is 0.397 e. The quantitative estimate of drug-likeness (QED) is 0.327. The van der Waals surface area contributed by atoms with Gasteiger partial charge in [0, 0.05) is 0 Å². The third-order valence-corrected chi connectivity index (χ3v) is 11.0. The van der Waals surface area contributed by atoms with Crippen LogP contribution >= 0.6 is 0 Å². The SMILES string of the molecule is CC(CCCC(C)(C)O)C1CCC2C3CC=C4CC(OS(=O)(=O)O)CCC4(C)C3CCC12C. The molecule has 4 aliphatic carbocycles. The summed E-state index contributed by atoms with van der Waals surface area (Å²) in [4.78, 5) is 0. The molecule has 0 aromatic rings. The van der Waals surface area contributed by atoms with Crippen molar-refractivity contribution in [3.05, 3.63) is 11.6 Å². The van der Waals surface area contributed by atoms with Gasteiger partial charge in [0.15, 0.2) is 0 Å². The van der Waals surface area contributed by atoms with Crippen molar-refractivity contribution in [3.8, 4) is 0 Å². The molecule has 8 unspecified atom stereocenters. The molecule has 8 atom stereocenters. The van der Waals surface area contributed by atoms with E-state index in [9.17, 15) is 13.5 Å². The molecule has 4 aliphatic rings. The van der Waals surface area contributed by atoms with Gasteiger partial charge in [-0.15, -0.1) is 0 Å². The van der Waals surface area contributed by atoms with Gasteiger partial charge in [-0.05, 0) is 112 Å². The molecule has 0 bridgehead atoms. The van der Waals surface area contributed by atoms with Crippen molar-refractivity contribution in [1.82, 2.24) is 0 Å². The van der Waals surface area contributed by atoms with Crippen molar-refractivity contribution in [1.29, 1.82) is 0 Å². The Bertz CT molecular complexity index is 858. The number of allylic oxidation sites excluding steroid dienone is 1. The maximum atomic E-state index is 11.2. The lowest BCUT2D eigenvalue weighted by molar-refractivity contribution is -0.0563. The van der Waals surface area contributed by atoms with Crippen molar-refractivity contribution in [2.24, 2.45) is 40.4 Å². The zero-order chi connectivity index (χ0) is 24.2. The highest BCUT2D eigenvalue weighted by Gasteiger charge is 2.59. The average Bonchev–Trinajstić information content (AvgIpc) is 3.03. The second-order valence-electron chi connectivity index (χ2n) is 13.1. The van der Waals surface area contributed by atoms with Crippen LogP contribution in [0, 0.1) is 40.4 Å². The van der Waals surface area contributed by atoms with Gasteiger partial charge in [-0.3, -0.25) is 4.55 Å². The topological polar surface area (TPSA) is 83.8 Å². The van der Waals surface area contributed by atoms with Gasteiger partial charge in [-0.2, -0.15) is 8.42 Å². The molecule has 5 nitrogen and oxygen atoms in total. The molecular formula is C27H46O5S. The lowest BCUT2D eigenvalue weighted by Gasteiger charge is -2.58. The minimum absolute atomic E-state index is 0.139. The van der Waals surface area contributed by atoms with E-state index in [0.717, 1.165) is 43.4 Å². The van der Waals surface area contributed by atoms with Gasteiger partial charge < -0.3 is 5.11 Å². The third kappa shape index (κ3) is 5.10. The van der Waals surface area contributed by atoms with Crippen molar-refractivity contribution < 1.29 is 22.3 Å². The second-order valence-corrected chi connectivity index (χ2v) is 14.1. The predicted molar refractivity (Wildman–Crippen MR) is 131 cm³/mol. The van der Waals surface area contributed by atoms with Crippen LogP contribution in [0.5, 0.6) is 0 Å². The first-order valence-corrected chi connectivity index (χ1v) is 14.7. The highest BCUT2D eigenvalue weighted by atomic mass is 32.3. The molecule has 2 N–H and O–H groups in total. The van der Waals surface area contributed by atoms with Crippen molar-refractivity contribution in [3.63, 3.8) is 0 Å².